The average molecular weight is 338 g/mol. The van der Waals surface area contributed by atoms with Crippen molar-refractivity contribution < 1.29 is 4.74 Å². The van der Waals surface area contributed by atoms with E-state index >= 15 is 0 Å². The molecule has 1 aliphatic heterocycles. The van der Waals surface area contributed by atoms with E-state index in [0.717, 1.165) is 37.3 Å². The Kier molecular flexibility index (Phi) is 4.41. The summed E-state index contributed by atoms with van der Waals surface area (Å²) in [5.41, 5.74) is 2.51. The van der Waals surface area contributed by atoms with E-state index in [-0.39, 0.29) is 0 Å². The van der Waals surface area contributed by atoms with Crippen molar-refractivity contribution in [3.05, 3.63) is 34.4 Å². The van der Waals surface area contributed by atoms with Crippen LogP contribution in [0, 0.1) is 0 Å². The maximum Gasteiger partial charge on any atom is 0.0826 e. The number of nitrogens with one attached hydrogen (secondary N) is 2. The molecule has 0 aliphatic carbocycles. The number of aromatic amines is 1. The lowest BCUT2D eigenvalue weighted by Gasteiger charge is -2.27. The molecule has 0 radical (unpaired) electrons. The van der Waals surface area contributed by atoms with Crippen LogP contribution in [0.2, 0.25) is 0 Å². The molecule has 108 valence electrons. The van der Waals surface area contributed by atoms with Crippen molar-refractivity contribution in [3.63, 3.8) is 0 Å². The molecule has 2 N–H and O–H groups in total. The number of H-pyrrole nitrogens is 1. The summed E-state index contributed by atoms with van der Waals surface area (Å²) in [6, 6.07) is 6.35. The van der Waals surface area contributed by atoms with Crippen LogP contribution in [-0.2, 0) is 11.3 Å². The maximum atomic E-state index is 5.75. The molecule has 1 saturated heterocycles. The van der Waals surface area contributed by atoms with Crippen LogP contribution in [0.3, 0.4) is 0 Å². The van der Waals surface area contributed by atoms with Crippen molar-refractivity contribution in [3.8, 4) is 0 Å². The van der Waals surface area contributed by atoms with E-state index in [9.17, 15) is 0 Å². The number of rotatable bonds is 4. The van der Waals surface area contributed by atoms with Crippen LogP contribution in [0.4, 0.5) is 0 Å². The van der Waals surface area contributed by atoms with Crippen LogP contribution in [0.15, 0.2) is 28.9 Å². The van der Waals surface area contributed by atoms with Crippen LogP contribution in [-0.4, -0.2) is 49.3 Å². The van der Waals surface area contributed by atoms with Gasteiger partial charge in [0.15, 0.2) is 0 Å². The summed E-state index contributed by atoms with van der Waals surface area (Å²) in [6.45, 7) is 4.61. The smallest absolute Gasteiger partial charge is 0.0826 e. The molecule has 1 aliphatic rings. The van der Waals surface area contributed by atoms with Gasteiger partial charge in [0.1, 0.15) is 0 Å². The van der Waals surface area contributed by atoms with Crippen LogP contribution >= 0.6 is 15.9 Å². The normalized spacial score (nSPS) is 19.9. The summed E-state index contributed by atoms with van der Waals surface area (Å²) in [5, 5.41) is 4.66. The van der Waals surface area contributed by atoms with Gasteiger partial charge in [0.2, 0.25) is 0 Å². The fourth-order valence-electron chi connectivity index (χ4n) is 2.72. The first-order valence-corrected chi connectivity index (χ1v) is 7.78. The molecule has 1 aromatic heterocycles. The number of aromatic nitrogens is 1. The first-order valence-electron chi connectivity index (χ1n) is 6.99. The lowest BCUT2D eigenvalue weighted by atomic mass is 10.1. The molecule has 20 heavy (non-hydrogen) atoms. The van der Waals surface area contributed by atoms with Gasteiger partial charge in [-0.25, -0.2) is 0 Å². The van der Waals surface area contributed by atoms with Gasteiger partial charge in [0, 0.05) is 47.8 Å². The van der Waals surface area contributed by atoms with Crippen LogP contribution in [0.1, 0.15) is 5.56 Å². The third-order valence-corrected chi connectivity index (χ3v) is 4.18. The van der Waals surface area contributed by atoms with Crippen LogP contribution in [0.25, 0.3) is 10.9 Å². The molecule has 1 atom stereocenters. The summed E-state index contributed by atoms with van der Waals surface area (Å²) in [6.07, 6.45) is 2.40. The molecule has 5 heteroatoms. The van der Waals surface area contributed by atoms with Crippen molar-refractivity contribution in [2.45, 2.75) is 12.6 Å². The molecule has 4 nitrogen and oxygen atoms in total. The lowest BCUT2D eigenvalue weighted by molar-refractivity contribution is 0.00890. The lowest BCUT2D eigenvalue weighted by Crippen LogP contribution is -2.44. The molecule has 3 rings (SSSR count). The fourth-order valence-corrected chi connectivity index (χ4v) is 3.08. The van der Waals surface area contributed by atoms with Gasteiger partial charge in [-0.05, 0) is 30.8 Å². The Balaban J connectivity index is 1.67. The van der Waals surface area contributed by atoms with E-state index < -0.39 is 0 Å². The Bertz CT molecular complexity index is 578. The van der Waals surface area contributed by atoms with Gasteiger partial charge in [0.05, 0.1) is 12.7 Å². The fraction of sp³-hybridized carbons (Fsp3) is 0.467. The minimum atomic E-state index is 0.297. The van der Waals surface area contributed by atoms with Crippen molar-refractivity contribution >= 4 is 26.8 Å². The maximum absolute atomic E-state index is 5.75. The summed E-state index contributed by atoms with van der Waals surface area (Å²) >= 11 is 3.54. The number of likely N-dealkylation sites (N-methyl/N-ethyl adjacent to an activating group) is 1. The van der Waals surface area contributed by atoms with E-state index in [4.69, 9.17) is 4.74 Å². The first-order chi connectivity index (χ1) is 9.72. The number of hydrogen-bond acceptors (Lipinski definition) is 3. The second kappa shape index (κ2) is 6.26. The molecule has 0 spiro atoms. The molecule has 0 amide bonds. The van der Waals surface area contributed by atoms with Crippen LogP contribution in [0.5, 0.6) is 0 Å². The quantitative estimate of drug-likeness (QED) is 0.899. The Morgan fingerprint density at radius 2 is 2.35 bits per heavy atom. The zero-order valence-corrected chi connectivity index (χ0v) is 13.2. The molecule has 1 fully saturated rings. The third kappa shape index (κ3) is 3.23. The highest BCUT2D eigenvalue weighted by molar-refractivity contribution is 9.10. The summed E-state index contributed by atoms with van der Waals surface area (Å²) in [4.78, 5) is 5.65. The second-order valence-electron chi connectivity index (χ2n) is 5.40. The summed E-state index contributed by atoms with van der Waals surface area (Å²) in [7, 11) is 2.15. The van der Waals surface area contributed by atoms with Gasteiger partial charge in [-0.3, -0.25) is 4.90 Å². The summed E-state index contributed by atoms with van der Waals surface area (Å²) < 4.78 is 6.87. The molecule has 2 aromatic rings. The molecule has 2 heterocycles. The third-order valence-electron chi connectivity index (χ3n) is 3.69. The number of ether oxygens (including phenoxy) is 1. The van der Waals surface area contributed by atoms with Crippen molar-refractivity contribution in [2.75, 3.05) is 33.3 Å². The Morgan fingerprint density at radius 3 is 3.15 bits per heavy atom. The topological polar surface area (TPSA) is 40.3 Å². The van der Waals surface area contributed by atoms with Crippen LogP contribution < -0.4 is 5.32 Å². The first kappa shape index (κ1) is 14.1. The van der Waals surface area contributed by atoms with Gasteiger partial charge in [-0.15, -0.1) is 0 Å². The Hall–Kier alpha value is -0.880. The predicted octanol–water partition coefficient (Wildman–Crippen LogP) is 2.35. The minimum absolute atomic E-state index is 0.297. The molecule has 0 saturated carbocycles. The minimum Gasteiger partial charge on any atom is -0.374 e. The van der Waals surface area contributed by atoms with E-state index in [1.54, 1.807) is 0 Å². The SMILES string of the molecule is CN(Cc1c[nH]c2ccc(Br)cc12)CC1CNCCO1. The number of hydrogen-bond donors (Lipinski definition) is 2. The molecule has 1 aromatic carbocycles. The highest BCUT2D eigenvalue weighted by atomic mass is 79.9. The number of fused-ring (bicyclic) bond motifs is 1. The average Bonchev–Trinajstić information content (AvgIpc) is 2.82. The number of nitrogens with zero attached hydrogens (tertiary/aromatic N) is 1. The van der Waals surface area contributed by atoms with Gasteiger partial charge in [0.25, 0.3) is 0 Å². The summed E-state index contributed by atoms with van der Waals surface area (Å²) in [5.74, 6) is 0. The van der Waals surface area contributed by atoms with Crippen molar-refractivity contribution in [1.29, 1.82) is 0 Å². The zero-order valence-electron chi connectivity index (χ0n) is 11.7. The zero-order chi connectivity index (χ0) is 13.9. The van der Waals surface area contributed by atoms with E-state index in [1.807, 2.05) is 0 Å². The Labute approximate surface area is 127 Å². The van der Waals surface area contributed by atoms with Gasteiger partial charge in [-0.1, -0.05) is 15.9 Å². The van der Waals surface area contributed by atoms with Crippen molar-refractivity contribution in [2.24, 2.45) is 0 Å². The predicted molar refractivity (Wildman–Crippen MR) is 84.9 cm³/mol. The number of halogens is 1. The van der Waals surface area contributed by atoms with Gasteiger partial charge >= 0.3 is 0 Å². The van der Waals surface area contributed by atoms with Gasteiger partial charge in [-0.2, -0.15) is 0 Å². The molecular weight excluding hydrogens is 318 g/mol. The largest absolute Gasteiger partial charge is 0.374 e. The number of benzene rings is 1. The van der Waals surface area contributed by atoms with E-state index in [1.165, 1.54) is 16.5 Å². The molecule has 1 unspecified atom stereocenters. The van der Waals surface area contributed by atoms with E-state index in [0.29, 0.717) is 6.10 Å². The van der Waals surface area contributed by atoms with E-state index in [2.05, 4.69) is 62.6 Å². The number of morpholine rings is 1. The molecular formula is C15H20BrN3O. The highest BCUT2D eigenvalue weighted by Gasteiger charge is 2.16. The van der Waals surface area contributed by atoms with Crippen molar-refractivity contribution in [1.82, 2.24) is 15.2 Å². The van der Waals surface area contributed by atoms with Gasteiger partial charge < -0.3 is 15.0 Å². The second-order valence-corrected chi connectivity index (χ2v) is 6.31. The molecule has 0 bridgehead atoms. The Morgan fingerprint density at radius 1 is 1.45 bits per heavy atom. The monoisotopic (exact) mass is 337 g/mol. The highest BCUT2D eigenvalue weighted by Crippen LogP contribution is 2.23. The standard InChI is InChI=1S/C15H20BrN3O/c1-19(10-13-8-17-4-5-20-13)9-11-7-18-15-3-2-12(16)6-14(11)15/h2-3,6-7,13,17-18H,4-5,8-10H2,1H3.